The molecule has 0 spiro atoms. The summed E-state index contributed by atoms with van der Waals surface area (Å²) in [6, 6.07) is 1.79. The maximum atomic E-state index is 11.8. The number of anilines is 1. The molecule has 0 aromatic carbocycles. The summed E-state index contributed by atoms with van der Waals surface area (Å²) in [6.07, 6.45) is 3.01. The predicted molar refractivity (Wildman–Crippen MR) is 62.7 cm³/mol. The molecule has 2 rings (SSSR count). The van der Waals surface area contributed by atoms with Gasteiger partial charge in [0.2, 0.25) is 0 Å². The first-order valence-corrected chi connectivity index (χ1v) is 5.17. The van der Waals surface area contributed by atoms with Gasteiger partial charge in [0.1, 0.15) is 11.5 Å². The van der Waals surface area contributed by atoms with Gasteiger partial charge in [-0.1, -0.05) is 0 Å². The maximum absolute atomic E-state index is 11.8. The zero-order valence-electron chi connectivity index (χ0n) is 9.93. The van der Waals surface area contributed by atoms with E-state index in [-0.39, 0.29) is 11.6 Å². The molecule has 6 nitrogen and oxygen atoms in total. The lowest BCUT2D eigenvalue weighted by Gasteiger charge is -2.04. The van der Waals surface area contributed by atoms with Crippen LogP contribution < -0.4 is 5.32 Å². The fourth-order valence-electron chi connectivity index (χ4n) is 1.42. The molecule has 0 unspecified atom stereocenters. The van der Waals surface area contributed by atoms with Gasteiger partial charge in [-0.3, -0.25) is 14.5 Å². The quantitative estimate of drug-likeness (QED) is 0.839. The lowest BCUT2D eigenvalue weighted by Crippen LogP contribution is -2.16. The number of hydrogen-bond donors (Lipinski definition) is 1. The summed E-state index contributed by atoms with van der Waals surface area (Å²) in [7, 11) is 1.77. The number of nitrogens with one attached hydrogen (secondary N) is 1. The molecule has 1 amide bonds. The van der Waals surface area contributed by atoms with Crippen molar-refractivity contribution in [3.8, 4) is 0 Å². The molecule has 88 valence electrons. The number of carbonyl (C=O) groups is 1. The first-order valence-electron chi connectivity index (χ1n) is 5.17. The largest absolute Gasteiger partial charge is 0.305 e. The molecular formula is C11H13N5O. The SMILES string of the molecule is Cc1cnc(C(=O)Nc2cc(C)nn2C)cn1. The Morgan fingerprint density at radius 3 is 2.53 bits per heavy atom. The molecule has 0 aliphatic rings. The highest BCUT2D eigenvalue weighted by atomic mass is 16.2. The molecule has 0 aliphatic carbocycles. The molecule has 2 aromatic rings. The van der Waals surface area contributed by atoms with Crippen molar-refractivity contribution in [1.29, 1.82) is 0 Å². The molecule has 0 saturated heterocycles. The Hall–Kier alpha value is -2.24. The number of hydrogen-bond acceptors (Lipinski definition) is 4. The van der Waals surface area contributed by atoms with Crippen molar-refractivity contribution in [2.75, 3.05) is 5.32 Å². The van der Waals surface area contributed by atoms with E-state index in [0.717, 1.165) is 11.4 Å². The zero-order valence-corrected chi connectivity index (χ0v) is 9.93. The maximum Gasteiger partial charge on any atom is 0.277 e. The summed E-state index contributed by atoms with van der Waals surface area (Å²) >= 11 is 0. The van der Waals surface area contributed by atoms with Crippen molar-refractivity contribution in [3.63, 3.8) is 0 Å². The fourth-order valence-corrected chi connectivity index (χ4v) is 1.42. The molecule has 0 bridgehead atoms. The van der Waals surface area contributed by atoms with Crippen molar-refractivity contribution in [2.24, 2.45) is 7.05 Å². The van der Waals surface area contributed by atoms with Crippen LogP contribution in [-0.4, -0.2) is 25.7 Å². The van der Waals surface area contributed by atoms with Crippen molar-refractivity contribution >= 4 is 11.7 Å². The van der Waals surface area contributed by atoms with Gasteiger partial charge in [-0.2, -0.15) is 5.10 Å². The van der Waals surface area contributed by atoms with Gasteiger partial charge in [0, 0.05) is 19.3 Å². The summed E-state index contributed by atoms with van der Waals surface area (Å²) in [5.41, 5.74) is 1.91. The predicted octanol–water partition coefficient (Wildman–Crippen LogP) is 1.08. The summed E-state index contributed by atoms with van der Waals surface area (Å²) in [5, 5.41) is 6.86. The second-order valence-corrected chi connectivity index (χ2v) is 3.79. The first kappa shape index (κ1) is 11.3. The van der Waals surface area contributed by atoms with Gasteiger partial charge in [0.25, 0.3) is 5.91 Å². The van der Waals surface area contributed by atoms with Gasteiger partial charge in [0.15, 0.2) is 0 Å². The molecule has 0 aliphatic heterocycles. The Balaban J connectivity index is 2.17. The van der Waals surface area contributed by atoms with E-state index < -0.39 is 0 Å². The van der Waals surface area contributed by atoms with Crippen LogP contribution in [0.2, 0.25) is 0 Å². The topological polar surface area (TPSA) is 72.7 Å². The van der Waals surface area contributed by atoms with E-state index in [9.17, 15) is 4.79 Å². The second-order valence-electron chi connectivity index (χ2n) is 3.79. The standard InChI is InChI=1S/C11H13N5O/c1-7-4-10(16(3)15-7)14-11(17)9-6-12-8(2)5-13-9/h4-6H,1-3H3,(H,14,17). The molecule has 0 radical (unpaired) electrons. The Morgan fingerprint density at radius 1 is 1.24 bits per heavy atom. The lowest BCUT2D eigenvalue weighted by molar-refractivity contribution is 0.102. The number of aromatic nitrogens is 4. The van der Waals surface area contributed by atoms with Gasteiger partial charge in [0.05, 0.1) is 17.6 Å². The second kappa shape index (κ2) is 4.32. The van der Waals surface area contributed by atoms with E-state index in [2.05, 4.69) is 20.4 Å². The highest BCUT2D eigenvalue weighted by Gasteiger charge is 2.10. The van der Waals surface area contributed by atoms with Gasteiger partial charge < -0.3 is 5.32 Å². The molecule has 2 heterocycles. The molecule has 0 atom stereocenters. The third-order valence-corrected chi connectivity index (χ3v) is 2.26. The van der Waals surface area contributed by atoms with Crippen molar-refractivity contribution in [3.05, 3.63) is 35.5 Å². The minimum Gasteiger partial charge on any atom is -0.305 e. The zero-order chi connectivity index (χ0) is 12.4. The number of rotatable bonds is 2. The molecule has 1 N–H and O–H groups in total. The van der Waals surface area contributed by atoms with Crippen LogP contribution in [0.25, 0.3) is 0 Å². The average Bonchev–Trinajstić information content (AvgIpc) is 2.58. The monoisotopic (exact) mass is 231 g/mol. The van der Waals surface area contributed by atoms with Crippen LogP contribution in [0.5, 0.6) is 0 Å². The number of carbonyl (C=O) groups excluding carboxylic acids is 1. The molecule has 6 heteroatoms. The summed E-state index contributed by atoms with van der Waals surface area (Å²) in [5.74, 6) is 0.343. The number of aryl methyl sites for hydroxylation is 3. The van der Waals surface area contributed by atoms with Crippen LogP contribution in [0.1, 0.15) is 21.9 Å². The minimum absolute atomic E-state index is 0.287. The van der Waals surface area contributed by atoms with E-state index in [1.807, 2.05) is 13.8 Å². The number of nitrogens with zero attached hydrogens (tertiary/aromatic N) is 4. The Kier molecular flexibility index (Phi) is 2.86. The van der Waals surface area contributed by atoms with Crippen molar-refractivity contribution in [1.82, 2.24) is 19.7 Å². The van der Waals surface area contributed by atoms with Crippen LogP contribution in [0, 0.1) is 13.8 Å². The summed E-state index contributed by atoms with van der Waals surface area (Å²) in [6.45, 7) is 3.68. The Labute approximate surface area is 98.7 Å². The van der Waals surface area contributed by atoms with Crippen molar-refractivity contribution < 1.29 is 4.79 Å². The minimum atomic E-state index is -0.291. The first-order chi connectivity index (χ1) is 8.06. The lowest BCUT2D eigenvalue weighted by atomic mass is 10.4. The molecule has 17 heavy (non-hydrogen) atoms. The molecule has 0 fully saturated rings. The molecular weight excluding hydrogens is 218 g/mol. The van der Waals surface area contributed by atoms with Crippen LogP contribution in [-0.2, 0) is 7.05 Å². The highest BCUT2D eigenvalue weighted by molar-refractivity contribution is 6.02. The van der Waals surface area contributed by atoms with Gasteiger partial charge >= 0.3 is 0 Å². The van der Waals surface area contributed by atoms with Crippen LogP contribution >= 0.6 is 0 Å². The normalized spacial score (nSPS) is 10.3. The third-order valence-electron chi connectivity index (χ3n) is 2.26. The van der Waals surface area contributed by atoms with E-state index in [1.165, 1.54) is 6.20 Å². The van der Waals surface area contributed by atoms with Gasteiger partial charge in [-0.25, -0.2) is 4.98 Å². The Bertz CT molecular complexity index is 543. The summed E-state index contributed by atoms with van der Waals surface area (Å²) < 4.78 is 1.61. The third kappa shape index (κ3) is 2.47. The van der Waals surface area contributed by atoms with Gasteiger partial charge in [-0.05, 0) is 13.8 Å². The molecule has 2 aromatic heterocycles. The van der Waals surface area contributed by atoms with Crippen LogP contribution in [0.15, 0.2) is 18.5 Å². The van der Waals surface area contributed by atoms with Crippen LogP contribution in [0.3, 0.4) is 0 Å². The van der Waals surface area contributed by atoms with E-state index >= 15 is 0 Å². The van der Waals surface area contributed by atoms with Crippen LogP contribution in [0.4, 0.5) is 5.82 Å². The van der Waals surface area contributed by atoms with E-state index in [0.29, 0.717) is 5.82 Å². The smallest absolute Gasteiger partial charge is 0.277 e. The fraction of sp³-hybridized carbons (Fsp3) is 0.273. The molecule has 0 saturated carbocycles. The van der Waals surface area contributed by atoms with E-state index in [1.54, 1.807) is 24.0 Å². The number of amides is 1. The summed E-state index contributed by atoms with van der Waals surface area (Å²) in [4.78, 5) is 19.9. The van der Waals surface area contributed by atoms with Gasteiger partial charge in [-0.15, -0.1) is 0 Å². The van der Waals surface area contributed by atoms with E-state index in [4.69, 9.17) is 0 Å². The van der Waals surface area contributed by atoms with Crippen molar-refractivity contribution in [2.45, 2.75) is 13.8 Å². The highest BCUT2D eigenvalue weighted by Crippen LogP contribution is 2.09. The Morgan fingerprint density at radius 2 is 2.00 bits per heavy atom. The average molecular weight is 231 g/mol.